The van der Waals surface area contributed by atoms with Gasteiger partial charge in [0.2, 0.25) is 0 Å². The number of fused-ring (bicyclic) bond motifs is 1. The highest BCUT2D eigenvalue weighted by atomic mass is 35.5. The summed E-state index contributed by atoms with van der Waals surface area (Å²) >= 11 is 12.5. The van der Waals surface area contributed by atoms with E-state index in [9.17, 15) is 9.59 Å². The Labute approximate surface area is 206 Å². The minimum Gasteiger partial charge on any atom is -0.378 e. The van der Waals surface area contributed by atoms with Crippen LogP contribution < -0.4 is 16.0 Å². The average Bonchev–Trinajstić information content (AvgIpc) is 3.17. The number of halogens is 2. The van der Waals surface area contributed by atoms with Crippen LogP contribution in [0.5, 0.6) is 0 Å². The van der Waals surface area contributed by atoms with Gasteiger partial charge in [-0.15, -0.1) is 0 Å². The molecule has 0 saturated carbocycles. The fourth-order valence-corrected chi connectivity index (χ4v) is 4.24. The van der Waals surface area contributed by atoms with Crippen molar-refractivity contribution in [3.8, 4) is 17.3 Å². The molecule has 1 aliphatic heterocycles. The minimum absolute atomic E-state index is 0.139. The molecule has 9 nitrogen and oxygen atoms in total. The number of hydrogen-bond acceptors (Lipinski definition) is 5. The molecule has 3 aromatic rings. The molecule has 1 aromatic heterocycles. The number of amides is 3. The Bertz CT molecular complexity index is 1340. The Morgan fingerprint density at radius 3 is 2.59 bits per heavy atom. The molecule has 3 N–H and O–H groups in total. The number of nitrogens with one attached hydrogen (secondary N) is 1. The second kappa shape index (κ2) is 9.25. The van der Waals surface area contributed by atoms with E-state index in [1.807, 2.05) is 37.2 Å². The zero-order valence-corrected chi connectivity index (χ0v) is 20.0. The van der Waals surface area contributed by atoms with Gasteiger partial charge in [-0.2, -0.15) is 10.4 Å². The smallest absolute Gasteiger partial charge is 0.315 e. The zero-order chi connectivity index (χ0) is 24.6. The van der Waals surface area contributed by atoms with E-state index >= 15 is 0 Å². The monoisotopic (exact) mass is 497 g/mol. The highest BCUT2D eigenvalue weighted by Crippen LogP contribution is 2.33. The van der Waals surface area contributed by atoms with Crippen molar-refractivity contribution in [1.29, 1.82) is 5.26 Å². The summed E-state index contributed by atoms with van der Waals surface area (Å²) in [5.41, 5.74) is 9.02. The molecule has 0 fully saturated rings. The van der Waals surface area contributed by atoms with E-state index in [2.05, 4.69) is 5.32 Å². The molecular weight excluding hydrogens is 477 g/mol. The Balaban J connectivity index is 1.82. The number of benzene rings is 2. The van der Waals surface area contributed by atoms with Gasteiger partial charge in [0.05, 0.1) is 34.9 Å². The van der Waals surface area contributed by atoms with Crippen LogP contribution in [0.3, 0.4) is 0 Å². The quantitative estimate of drug-likeness (QED) is 0.565. The predicted octanol–water partition coefficient (Wildman–Crippen LogP) is 3.94. The molecule has 34 heavy (non-hydrogen) atoms. The number of nitrogens with zero attached hydrogens (tertiary/aromatic N) is 5. The van der Waals surface area contributed by atoms with Crippen molar-refractivity contribution >= 4 is 46.5 Å². The predicted molar refractivity (Wildman–Crippen MR) is 131 cm³/mol. The lowest BCUT2D eigenvalue weighted by atomic mass is 10.0. The van der Waals surface area contributed by atoms with Crippen LogP contribution in [0.25, 0.3) is 11.3 Å². The number of hydrogen-bond donors (Lipinski definition) is 2. The van der Waals surface area contributed by atoms with Crippen LogP contribution in [0, 0.1) is 11.3 Å². The van der Waals surface area contributed by atoms with Gasteiger partial charge in [-0.25, -0.2) is 4.79 Å². The Kier molecular flexibility index (Phi) is 6.37. The van der Waals surface area contributed by atoms with Crippen LogP contribution in [0.15, 0.2) is 36.4 Å². The first-order chi connectivity index (χ1) is 16.2. The van der Waals surface area contributed by atoms with Gasteiger partial charge in [0.25, 0.3) is 5.91 Å². The van der Waals surface area contributed by atoms with Gasteiger partial charge in [-0.1, -0.05) is 23.2 Å². The number of carbonyl (C=O) groups excluding carboxylic acids is 2. The number of carbonyl (C=O) groups is 2. The molecule has 0 spiro atoms. The van der Waals surface area contributed by atoms with Gasteiger partial charge in [-0.3, -0.25) is 9.48 Å². The van der Waals surface area contributed by atoms with E-state index < -0.39 is 11.9 Å². The Morgan fingerprint density at radius 2 is 1.94 bits per heavy atom. The van der Waals surface area contributed by atoms with Gasteiger partial charge in [0.15, 0.2) is 0 Å². The molecule has 2 heterocycles. The van der Waals surface area contributed by atoms with Crippen molar-refractivity contribution in [2.24, 2.45) is 5.73 Å². The van der Waals surface area contributed by atoms with Crippen molar-refractivity contribution < 1.29 is 9.59 Å². The summed E-state index contributed by atoms with van der Waals surface area (Å²) < 4.78 is 1.71. The van der Waals surface area contributed by atoms with Crippen LogP contribution in [-0.4, -0.2) is 47.3 Å². The van der Waals surface area contributed by atoms with Crippen molar-refractivity contribution in [2.45, 2.75) is 13.1 Å². The Hall–Kier alpha value is -3.74. The summed E-state index contributed by atoms with van der Waals surface area (Å²) in [6, 6.07) is 11.5. The van der Waals surface area contributed by atoms with E-state index in [-0.39, 0.29) is 11.6 Å². The minimum atomic E-state index is -0.572. The summed E-state index contributed by atoms with van der Waals surface area (Å²) in [4.78, 5) is 28.7. The van der Waals surface area contributed by atoms with E-state index in [4.69, 9.17) is 39.3 Å². The molecular formula is C23H21Cl2N7O2. The number of aromatic nitrogens is 2. The molecule has 0 atom stereocenters. The van der Waals surface area contributed by atoms with Gasteiger partial charge in [0.1, 0.15) is 11.8 Å². The average molecular weight is 498 g/mol. The summed E-state index contributed by atoms with van der Waals surface area (Å²) in [7, 11) is 3.78. The maximum atomic E-state index is 13.5. The van der Waals surface area contributed by atoms with E-state index in [1.165, 1.54) is 17.0 Å². The number of anilines is 2. The number of rotatable bonds is 4. The molecule has 11 heteroatoms. The molecule has 0 bridgehead atoms. The maximum Gasteiger partial charge on any atom is 0.315 e. The topological polar surface area (TPSA) is 120 Å². The molecule has 3 amide bonds. The molecule has 0 radical (unpaired) electrons. The lowest BCUT2D eigenvalue weighted by molar-refractivity contribution is 0.102. The van der Waals surface area contributed by atoms with E-state index in [0.717, 1.165) is 5.69 Å². The lowest BCUT2D eigenvalue weighted by Crippen LogP contribution is -2.42. The first-order valence-electron chi connectivity index (χ1n) is 10.3. The summed E-state index contributed by atoms with van der Waals surface area (Å²) in [6.07, 6.45) is 0. The molecule has 4 rings (SSSR count). The number of urea groups is 1. The number of nitriles is 1. The first kappa shape index (κ1) is 23.4. The summed E-state index contributed by atoms with van der Waals surface area (Å²) in [5, 5.41) is 17.3. The normalized spacial score (nSPS) is 12.6. The molecule has 0 aliphatic carbocycles. The largest absolute Gasteiger partial charge is 0.378 e. The third-order valence-corrected chi connectivity index (χ3v) is 6.07. The second-order valence-corrected chi connectivity index (χ2v) is 8.85. The van der Waals surface area contributed by atoms with Crippen LogP contribution >= 0.6 is 23.2 Å². The highest BCUT2D eigenvalue weighted by Gasteiger charge is 2.30. The van der Waals surface area contributed by atoms with Crippen LogP contribution in [-0.2, 0) is 13.1 Å². The van der Waals surface area contributed by atoms with Crippen LogP contribution in [0.1, 0.15) is 21.6 Å². The van der Waals surface area contributed by atoms with Gasteiger partial charge >= 0.3 is 6.03 Å². The molecule has 0 unspecified atom stereocenters. The molecule has 174 valence electrons. The van der Waals surface area contributed by atoms with Crippen LogP contribution in [0.4, 0.5) is 16.2 Å². The van der Waals surface area contributed by atoms with Crippen molar-refractivity contribution in [3.05, 3.63) is 63.3 Å². The highest BCUT2D eigenvalue weighted by molar-refractivity contribution is 6.32. The third-order valence-electron chi connectivity index (χ3n) is 5.54. The van der Waals surface area contributed by atoms with Gasteiger partial charge < -0.3 is 20.9 Å². The lowest BCUT2D eigenvalue weighted by Gasteiger charge is -2.26. The van der Waals surface area contributed by atoms with E-state index in [1.54, 1.807) is 16.8 Å². The first-order valence-corrected chi connectivity index (χ1v) is 11.1. The standard InChI is InChI=1S/C23H21Cl2N7O2/c1-30(2)17-8-14(7-15(24)9-17)21-20(19-12-31(23(27)34)5-6-32(19)29-21)22(33)28-16-4-3-13(11-26)18(25)10-16/h3-4,7-10H,5-6,12H2,1-2H3,(H2,27,34)(H,28,33). The Morgan fingerprint density at radius 1 is 1.18 bits per heavy atom. The van der Waals surface area contributed by atoms with Gasteiger partial charge in [-0.05, 0) is 36.4 Å². The number of nitrogens with two attached hydrogens (primary N) is 1. The zero-order valence-electron chi connectivity index (χ0n) is 18.5. The molecule has 2 aromatic carbocycles. The fraction of sp³-hybridized carbons (Fsp3) is 0.217. The molecule has 0 saturated heterocycles. The fourth-order valence-electron chi connectivity index (χ4n) is 3.79. The summed E-state index contributed by atoms with van der Waals surface area (Å²) in [6.45, 7) is 0.914. The second-order valence-electron chi connectivity index (χ2n) is 8.01. The van der Waals surface area contributed by atoms with Crippen molar-refractivity contribution in [2.75, 3.05) is 30.9 Å². The van der Waals surface area contributed by atoms with Crippen molar-refractivity contribution in [1.82, 2.24) is 14.7 Å². The van der Waals surface area contributed by atoms with Crippen LogP contribution in [0.2, 0.25) is 10.0 Å². The van der Waals surface area contributed by atoms with Crippen molar-refractivity contribution in [3.63, 3.8) is 0 Å². The van der Waals surface area contributed by atoms with Gasteiger partial charge in [0, 0.05) is 42.6 Å². The number of primary amides is 1. The van der Waals surface area contributed by atoms with E-state index in [0.29, 0.717) is 51.9 Å². The summed E-state index contributed by atoms with van der Waals surface area (Å²) in [5.74, 6) is -0.435. The third kappa shape index (κ3) is 4.51. The SMILES string of the molecule is CN(C)c1cc(Cl)cc(-c2nn3c(c2C(=O)Nc2ccc(C#N)c(Cl)c2)CN(C(N)=O)CC3)c1. The molecule has 1 aliphatic rings. The maximum absolute atomic E-state index is 13.5.